The third kappa shape index (κ3) is 3.64. The maximum Gasteiger partial charge on any atom is 0.251 e. The highest BCUT2D eigenvalue weighted by Crippen LogP contribution is 2.16. The first-order valence-corrected chi connectivity index (χ1v) is 5.47. The van der Waals surface area contributed by atoms with Gasteiger partial charge in [0.2, 0.25) is 0 Å². The van der Waals surface area contributed by atoms with Crippen LogP contribution in [0.2, 0.25) is 0 Å². The number of aryl methyl sites for hydroxylation is 1. The third-order valence-electron chi connectivity index (χ3n) is 2.01. The summed E-state index contributed by atoms with van der Waals surface area (Å²) in [7, 11) is 1.61. The number of ether oxygens (including phenoxy) is 1. The zero-order valence-electron chi connectivity index (χ0n) is 8.84. The van der Waals surface area contributed by atoms with E-state index in [9.17, 15) is 4.79 Å². The van der Waals surface area contributed by atoms with Crippen LogP contribution in [0, 0.1) is 6.92 Å². The molecule has 1 aromatic rings. The van der Waals surface area contributed by atoms with Gasteiger partial charge in [-0.3, -0.25) is 4.79 Å². The normalized spacial score (nSPS) is 10.1. The van der Waals surface area contributed by atoms with E-state index in [1.165, 1.54) is 0 Å². The Labute approximate surface area is 97.9 Å². The lowest BCUT2D eigenvalue weighted by Crippen LogP contribution is -2.26. The summed E-state index contributed by atoms with van der Waals surface area (Å²) in [5, 5.41) is 2.77. The Morgan fingerprint density at radius 1 is 1.53 bits per heavy atom. The van der Waals surface area contributed by atoms with Crippen molar-refractivity contribution in [1.29, 1.82) is 0 Å². The predicted octanol–water partition coefficient (Wildman–Crippen LogP) is 2.13. The Kier molecular flexibility index (Phi) is 4.78. The number of rotatable bonds is 4. The molecule has 1 aromatic carbocycles. The van der Waals surface area contributed by atoms with Gasteiger partial charge in [-0.15, -0.1) is 0 Å². The predicted molar refractivity (Wildman–Crippen MR) is 63.1 cm³/mol. The van der Waals surface area contributed by atoms with Crippen LogP contribution in [0.4, 0.5) is 0 Å². The number of benzene rings is 1. The van der Waals surface area contributed by atoms with E-state index in [0.717, 1.165) is 10.0 Å². The van der Waals surface area contributed by atoms with Crippen LogP contribution >= 0.6 is 15.9 Å². The molecule has 1 N–H and O–H groups in total. The van der Waals surface area contributed by atoms with Gasteiger partial charge in [0, 0.05) is 23.7 Å². The van der Waals surface area contributed by atoms with Crippen molar-refractivity contribution in [2.24, 2.45) is 0 Å². The van der Waals surface area contributed by atoms with Gasteiger partial charge in [-0.1, -0.05) is 15.9 Å². The van der Waals surface area contributed by atoms with Gasteiger partial charge in [0.15, 0.2) is 0 Å². The molecule has 0 fully saturated rings. The fourth-order valence-corrected chi connectivity index (χ4v) is 1.40. The summed E-state index contributed by atoms with van der Waals surface area (Å²) in [4.78, 5) is 11.6. The Hall–Kier alpha value is -0.870. The summed E-state index contributed by atoms with van der Waals surface area (Å²) in [5.41, 5.74) is 1.72. The summed E-state index contributed by atoms with van der Waals surface area (Å²) >= 11 is 3.39. The second-order valence-electron chi connectivity index (χ2n) is 3.21. The van der Waals surface area contributed by atoms with Gasteiger partial charge in [-0.25, -0.2) is 0 Å². The molecular weight excluding hydrogens is 258 g/mol. The van der Waals surface area contributed by atoms with Crippen molar-refractivity contribution in [2.75, 3.05) is 20.3 Å². The van der Waals surface area contributed by atoms with Gasteiger partial charge in [-0.05, 0) is 30.7 Å². The number of hydrogen-bond donors (Lipinski definition) is 1. The standard InChI is InChI=1S/C11H14BrNO2/c1-8-7-9(3-4-10(8)12)11(14)13-5-6-15-2/h3-4,7H,5-6H2,1-2H3,(H,13,14). The highest BCUT2D eigenvalue weighted by Gasteiger charge is 2.05. The Morgan fingerprint density at radius 3 is 2.87 bits per heavy atom. The number of nitrogens with one attached hydrogen (secondary N) is 1. The third-order valence-corrected chi connectivity index (χ3v) is 2.90. The molecule has 0 bridgehead atoms. The van der Waals surface area contributed by atoms with Crippen LogP contribution in [0.25, 0.3) is 0 Å². The Balaban J connectivity index is 2.62. The highest BCUT2D eigenvalue weighted by molar-refractivity contribution is 9.10. The largest absolute Gasteiger partial charge is 0.383 e. The van der Waals surface area contributed by atoms with Gasteiger partial charge in [0.05, 0.1) is 6.61 Å². The van der Waals surface area contributed by atoms with Crippen molar-refractivity contribution in [3.05, 3.63) is 33.8 Å². The van der Waals surface area contributed by atoms with E-state index in [1.54, 1.807) is 13.2 Å². The first kappa shape index (κ1) is 12.2. The molecule has 4 heteroatoms. The number of amides is 1. The molecule has 1 rings (SSSR count). The molecular formula is C11H14BrNO2. The minimum absolute atomic E-state index is 0.0670. The highest BCUT2D eigenvalue weighted by atomic mass is 79.9. The molecule has 0 heterocycles. The molecule has 0 saturated heterocycles. The smallest absolute Gasteiger partial charge is 0.251 e. The average molecular weight is 272 g/mol. The molecule has 1 amide bonds. The second kappa shape index (κ2) is 5.88. The maximum atomic E-state index is 11.6. The Morgan fingerprint density at radius 2 is 2.27 bits per heavy atom. The van der Waals surface area contributed by atoms with E-state index in [-0.39, 0.29) is 5.91 Å². The number of hydrogen-bond acceptors (Lipinski definition) is 2. The molecule has 0 spiro atoms. The van der Waals surface area contributed by atoms with E-state index >= 15 is 0 Å². The summed E-state index contributed by atoms with van der Waals surface area (Å²) in [5.74, 6) is -0.0670. The first-order valence-electron chi connectivity index (χ1n) is 4.68. The summed E-state index contributed by atoms with van der Waals surface area (Å²) in [6.45, 7) is 3.02. The zero-order valence-corrected chi connectivity index (χ0v) is 10.4. The van der Waals surface area contributed by atoms with E-state index in [4.69, 9.17) is 4.74 Å². The van der Waals surface area contributed by atoms with Crippen LogP contribution in [-0.4, -0.2) is 26.2 Å². The molecule has 0 unspecified atom stereocenters. The lowest BCUT2D eigenvalue weighted by molar-refractivity contribution is 0.0937. The van der Waals surface area contributed by atoms with Crippen LogP contribution in [0.15, 0.2) is 22.7 Å². The number of methoxy groups -OCH3 is 1. The fraction of sp³-hybridized carbons (Fsp3) is 0.364. The molecule has 15 heavy (non-hydrogen) atoms. The van der Waals surface area contributed by atoms with E-state index < -0.39 is 0 Å². The lowest BCUT2D eigenvalue weighted by Gasteiger charge is -2.05. The molecule has 0 saturated carbocycles. The zero-order chi connectivity index (χ0) is 11.3. The van der Waals surface area contributed by atoms with Crippen molar-refractivity contribution < 1.29 is 9.53 Å². The minimum Gasteiger partial charge on any atom is -0.383 e. The molecule has 0 radical (unpaired) electrons. The van der Waals surface area contributed by atoms with Crippen LogP contribution in [0.5, 0.6) is 0 Å². The molecule has 0 aliphatic heterocycles. The van der Waals surface area contributed by atoms with Crippen molar-refractivity contribution in [3.8, 4) is 0 Å². The number of halogens is 1. The molecule has 0 aliphatic carbocycles. The quantitative estimate of drug-likeness (QED) is 0.853. The summed E-state index contributed by atoms with van der Waals surface area (Å²) in [6, 6.07) is 5.52. The second-order valence-corrected chi connectivity index (χ2v) is 4.07. The van der Waals surface area contributed by atoms with Crippen LogP contribution in [0.1, 0.15) is 15.9 Å². The molecule has 82 valence electrons. The Bertz CT molecular complexity index is 352. The van der Waals surface area contributed by atoms with Crippen molar-refractivity contribution in [1.82, 2.24) is 5.32 Å². The van der Waals surface area contributed by atoms with Crippen molar-refractivity contribution in [2.45, 2.75) is 6.92 Å². The van der Waals surface area contributed by atoms with Crippen LogP contribution in [-0.2, 0) is 4.74 Å². The van der Waals surface area contributed by atoms with Gasteiger partial charge in [0.1, 0.15) is 0 Å². The maximum absolute atomic E-state index is 11.6. The van der Waals surface area contributed by atoms with Crippen LogP contribution in [0.3, 0.4) is 0 Å². The fourth-order valence-electron chi connectivity index (χ4n) is 1.15. The van der Waals surface area contributed by atoms with Crippen molar-refractivity contribution in [3.63, 3.8) is 0 Å². The molecule has 3 nitrogen and oxygen atoms in total. The van der Waals surface area contributed by atoms with Crippen LogP contribution < -0.4 is 5.32 Å². The number of carbonyl (C=O) groups is 1. The topological polar surface area (TPSA) is 38.3 Å². The lowest BCUT2D eigenvalue weighted by atomic mass is 10.1. The number of carbonyl (C=O) groups excluding carboxylic acids is 1. The van der Waals surface area contributed by atoms with Crippen molar-refractivity contribution >= 4 is 21.8 Å². The summed E-state index contributed by atoms with van der Waals surface area (Å²) in [6.07, 6.45) is 0. The minimum atomic E-state index is -0.0670. The average Bonchev–Trinajstić information content (AvgIpc) is 2.22. The van der Waals surface area contributed by atoms with Gasteiger partial charge in [0.25, 0.3) is 5.91 Å². The molecule has 0 atom stereocenters. The van der Waals surface area contributed by atoms with E-state index in [2.05, 4.69) is 21.2 Å². The van der Waals surface area contributed by atoms with E-state index in [0.29, 0.717) is 18.7 Å². The summed E-state index contributed by atoms with van der Waals surface area (Å²) < 4.78 is 5.86. The van der Waals surface area contributed by atoms with E-state index in [1.807, 2.05) is 19.1 Å². The van der Waals surface area contributed by atoms with Gasteiger partial charge < -0.3 is 10.1 Å². The van der Waals surface area contributed by atoms with Gasteiger partial charge >= 0.3 is 0 Å². The molecule has 0 aromatic heterocycles. The SMILES string of the molecule is COCCNC(=O)c1ccc(Br)c(C)c1. The van der Waals surface area contributed by atoms with Gasteiger partial charge in [-0.2, -0.15) is 0 Å². The molecule has 0 aliphatic rings. The monoisotopic (exact) mass is 271 g/mol. The first-order chi connectivity index (χ1) is 7.15.